The van der Waals surface area contributed by atoms with Gasteiger partial charge in [-0.2, -0.15) is 13.2 Å². The van der Waals surface area contributed by atoms with Crippen LogP contribution in [0.5, 0.6) is 0 Å². The molecule has 164 valence electrons. The van der Waals surface area contributed by atoms with Crippen LogP contribution in [0.3, 0.4) is 0 Å². The normalized spacial score (nSPS) is 23.6. The maximum Gasteiger partial charge on any atom is 0.433 e. The number of benzene rings is 1. The van der Waals surface area contributed by atoms with Gasteiger partial charge < -0.3 is 15.2 Å². The first-order valence-electron chi connectivity index (χ1n) is 10.6. The van der Waals surface area contributed by atoms with E-state index in [4.69, 9.17) is 0 Å². The maximum absolute atomic E-state index is 13.6. The van der Waals surface area contributed by atoms with Crippen LogP contribution in [0.25, 0.3) is 10.9 Å². The van der Waals surface area contributed by atoms with E-state index in [0.29, 0.717) is 36.8 Å². The molecule has 2 aliphatic rings. The van der Waals surface area contributed by atoms with Gasteiger partial charge in [0, 0.05) is 42.3 Å². The van der Waals surface area contributed by atoms with Crippen molar-refractivity contribution in [2.75, 3.05) is 18.0 Å². The Morgan fingerprint density at radius 1 is 1.16 bits per heavy atom. The van der Waals surface area contributed by atoms with Gasteiger partial charge in [0.25, 0.3) is 0 Å². The largest absolute Gasteiger partial charge is 0.433 e. The number of rotatable bonds is 4. The monoisotopic (exact) mass is 432 g/mol. The summed E-state index contributed by atoms with van der Waals surface area (Å²) >= 11 is 0. The van der Waals surface area contributed by atoms with Crippen molar-refractivity contribution in [2.24, 2.45) is 11.8 Å². The van der Waals surface area contributed by atoms with Crippen LogP contribution in [0.2, 0.25) is 0 Å². The molecule has 0 amide bonds. The van der Waals surface area contributed by atoms with Crippen molar-refractivity contribution in [3.05, 3.63) is 59.2 Å². The molecule has 3 atom stereocenters. The molecule has 5 rings (SSSR count). The fourth-order valence-electron chi connectivity index (χ4n) is 5.23. The minimum Gasteiger partial charge on any atom is -0.357 e. The summed E-state index contributed by atoms with van der Waals surface area (Å²) in [6.45, 7) is 4.08. The number of nitrogens with zero attached hydrogens (tertiary/aromatic N) is 2. The highest BCUT2D eigenvalue weighted by molar-refractivity contribution is 5.84. The lowest BCUT2D eigenvalue weighted by molar-refractivity contribution is -0.141. The fraction of sp³-hybridized carbons (Fsp3) is 0.435. The fourth-order valence-corrected chi connectivity index (χ4v) is 5.23. The molecule has 2 N–H and O–H groups in total. The molecule has 0 radical (unpaired) electrons. The highest BCUT2D eigenvalue weighted by Gasteiger charge is 2.43. The SMILES string of the molecule is Cc1c(CNC2CCC3CN(c4cccc(C(F)(F)F)n4)CC32)[nH]c2ccc(F)cc12. The van der Waals surface area contributed by atoms with E-state index in [1.165, 1.54) is 12.1 Å². The Morgan fingerprint density at radius 2 is 2.00 bits per heavy atom. The van der Waals surface area contributed by atoms with Gasteiger partial charge in [-0.3, -0.25) is 0 Å². The van der Waals surface area contributed by atoms with E-state index in [2.05, 4.69) is 15.3 Å². The van der Waals surface area contributed by atoms with Gasteiger partial charge in [0.2, 0.25) is 0 Å². The number of H-pyrrole nitrogens is 1. The minimum absolute atomic E-state index is 0.248. The van der Waals surface area contributed by atoms with E-state index in [0.717, 1.165) is 47.6 Å². The quantitative estimate of drug-likeness (QED) is 0.568. The van der Waals surface area contributed by atoms with Gasteiger partial charge in [0.15, 0.2) is 0 Å². The molecule has 3 heterocycles. The maximum atomic E-state index is 13.6. The first-order valence-corrected chi connectivity index (χ1v) is 10.6. The zero-order valence-electron chi connectivity index (χ0n) is 17.1. The molecular formula is C23H24F4N4. The van der Waals surface area contributed by atoms with E-state index in [9.17, 15) is 17.6 Å². The third-order valence-corrected chi connectivity index (χ3v) is 6.87. The van der Waals surface area contributed by atoms with Crippen LogP contribution in [0.15, 0.2) is 36.4 Å². The van der Waals surface area contributed by atoms with Crippen LogP contribution in [0, 0.1) is 24.6 Å². The lowest BCUT2D eigenvalue weighted by Gasteiger charge is -2.23. The summed E-state index contributed by atoms with van der Waals surface area (Å²) in [5.41, 5.74) is 2.15. The van der Waals surface area contributed by atoms with Crippen LogP contribution in [-0.2, 0) is 12.7 Å². The van der Waals surface area contributed by atoms with Crippen molar-refractivity contribution in [3.8, 4) is 0 Å². The molecule has 31 heavy (non-hydrogen) atoms. The smallest absolute Gasteiger partial charge is 0.357 e. The lowest BCUT2D eigenvalue weighted by Crippen LogP contribution is -2.35. The molecule has 3 aromatic rings. The Hall–Kier alpha value is -2.61. The second-order valence-electron chi connectivity index (χ2n) is 8.69. The Morgan fingerprint density at radius 3 is 2.81 bits per heavy atom. The number of halogens is 4. The zero-order valence-corrected chi connectivity index (χ0v) is 17.1. The number of aromatic amines is 1. The highest BCUT2D eigenvalue weighted by atomic mass is 19.4. The van der Waals surface area contributed by atoms with E-state index in [1.54, 1.807) is 18.2 Å². The van der Waals surface area contributed by atoms with Gasteiger partial charge in [-0.15, -0.1) is 0 Å². The minimum atomic E-state index is -4.43. The number of aromatic nitrogens is 2. The van der Waals surface area contributed by atoms with Crippen molar-refractivity contribution in [2.45, 2.75) is 38.5 Å². The third kappa shape index (κ3) is 3.78. The topological polar surface area (TPSA) is 44.0 Å². The van der Waals surface area contributed by atoms with Crippen molar-refractivity contribution in [1.29, 1.82) is 0 Å². The van der Waals surface area contributed by atoms with Crippen molar-refractivity contribution in [1.82, 2.24) is 15.3 Å². The van der Waals surface area contributed by atoms with E-state index in [-0.39, 0.29) is 5.82 Å². The van der Waals surface area contributed by atoms with Gasteiger partial charge in [0.1, 0.15) is 17.3 Å². The van der Waals surface area contributed by atoms with E-state index in [1.807, 2.05) is 11.8 Å². The molecule has 1 saturated carbocycles. The summed E-state index contributed by atoms with van der Waals surface area (Å²) in [6, 6.07) is 9.15. The van der Waals surface area contributed by atoms with Crippen LogP contribution >= 0.6 is 0 Å². The van der Waals surface area contributed by atoms with E-state index < -0.39 is 11.9 Å². The summed E-state index contributed by atoms with van der Waals surface area (Å²) in [5, 5.41) is 4.53. The van der Waals surface area contributed by atoms with Gasteiger partial charge in [-0.25, -0.2) is 9.37 Å². The van der Waals surface area contributed by atoms with Crippen LogP contribution in [0.1, 0.15) is 29.8 Å². The Bertz CT molecular complexity index is 1110. The highest BCUT2D eigenvalue weighted by Crippen LogP contribution is 2.40. The molecule has 1 saturated heterocycles. The molecule has 8 heteroatoms. The van der Waals surface area contributed by atoms with Crippen LogP contribution in [0.4, 0.5) is 23.4 Å². The number of pyridine rings is 1. The standard InChI is InChI=1S/C23H24F4N4/c1-13-16-9-15(24)6-8-19(16)29-20(13)10-28-18-7-5-14-11-31(12-17(14)18)22-4-2-3-21(30-22)23(25,26)27/h2-4,6,8-9,14,17-18,28-29H,5,7,10-12H2,1H3. The predicted molar refractivity (Wildman–Crippen MR) is 111 cm³/mol. The zero-order chi connectivity index (χ0) is 21.8. The lowest BCUT2D eigenvalue weighted by atomic mass is 9.98. The van der Waals surface area contributed by atoms with Crippen molar-refractivity contribution in [3.63, 3.8) is 0 Å². The average Bonchev–Trinajstić information content (AvgIpc) is 3.40. The van der Waals surface area contributed by atoms with E-state index >= 15 is 0 Å². The number of hydrogen-bond donors (Lipinski definition) is 2. The molecule has 1 aliphatic heterocycles. The summed E-state index contributed by atoms with van der Waals surface area (Å²) < 4.78 is 52.6. The molecule has 2 fully saturated rings. The Kier molecular flexibility index (Phi) is 4.92. The number of nitrogens with one attached hydrogen (secondary N) is 2. The summed E-state index contributed by atoms with van der Waals surface area (Å²) in [7, 11) is 0. The molecule has 1 aromatic carbocycles. The van der Waals surface area contributed by atoms with Crippen LogP contribution in [-0.4, -0.2) is 29.1 Å². The summed E-state index contributed by atoms with van der Waals surface area (Å²) in [4.78, 5) is 9.21. The summed E-state index contributed by atoms with van der Waals surface area (Å²) in [6.07, 6.45) is -2.34. The third-order valence-electron chi connectivity index (χ3n) is 6.87. The molecule has 4 nitrogen and oxygen atoms in total. The van der Waals surface area contributed by atoms with Crippen LogP contribution < -0.4 is 10.2 Å². The first-order chi connectivity index (χ1) is 14.8. The Balaban J connectivity index is 1.27. The molecule has 2 aromatic heterocycles. The number of anilines is 1. The molecule has 0 bridgehead atoms. The van der Waals surface area contributed by atoms with Crippen molar-refractivity contribution >= 4 is 16.7 Å². The Labute approximate surface area is 177 Å². The van der Waals surface area contributed by atoms with Gasteiger partial charge >= 0.3 is 6.18 Å². The molecular weight excluding hydrogens is 408 g/mol. The number of aryl methyl sites for hydroxylation is 1. The number of fused-ring (bicyclic) bond motifs is 2. The van der Waals surface area contributed by atoms with Gasteiger partial charge in [-0.1, -0.05) is 6.07 Å². The second kappa shape index (κ2) is 7.51. The predicted octanol–water partition coefficient (Wildman–Crippen LogP) is 5.03. The van der Waals surface area contributed by atoms with Crippen molar-refractivity contribution < 1.29 is 17.6 Å². The second-order valence-corrected chi connectivity index (χ2v) is 8.69. The summed E-state index contributed by atoms with van der Waals surface area (Å²) in [5.74, 6) is 0.976. The van der Waals surface area contributed by atoms with Gasteiger partial charge in [0.05, 0.1) is 0 Å². The molecule has 0 spiro atoms. The van der Waals surface area contributed by atoms with Gasteiger partial charge in [-0.05, 0) is 67.5 Å². The first kappa shape index (κ1) is 20.3. The number of alkyl halides is 3. The number of hydrogen-bond acceptors (Lipinski definition) is 3. The molecule has 1 aliphatic carbocycles. The molecule has 3 unspecified atom stereocenters. The average molecular weight is 432 g/mol.